The molecule has 0 radical (unpaired) electrons. The fourth-order valence-corrected chi connectivity index (χ4v) is 2.82. The minimum atomic E-state index is 0.107. The second-order valence-electron chi connectivity index (χ2n) is 5.74. The fraction of sp³-hybridized carbons (Fsp3) is 0.500. The van der Waals surface area contributed by atoms with E-state index in [0.717, 1.165) is 23.8 Å². The molecule has 0 aliphatic carbocycles. The third-order valence-electron chi connectivity index (χ3n) is 3.61. The maximum atomic E-state index is 12.3. The zero-order valence-corrected chi connectivity index (χ0v) is 11.6. The lowest BCUT2D eigenvalue weighted by molar-refractivity contribution is -0.108. The Kier molecular flexibility index (Phi) is 4.35. The van der Waals surface area contributed by atoms with Gasteiger partial charge in [0, 0.05) is 25.1 Å². The number of benzene rings is 1. The molecule has 102 valence electrons. The number of carbonyl (C=O) groups is 2. The van der Waals surface area contributed by atoms with Crippen LogP contribution in [0.25, 0.3) is 0 Å². The van der Waals surface area contributed by atoms with Gasteiger partial charge < -0.3 is 9.69 Å². The Morgan fingerprint density at radius 2 is 2.05 bits per heavy atom. The second kappa shape index (κ2) is 6.00. The summed E-state index contributed by atoms with van der Waals surface area (Å²) in [6.45, 7) is 5.67. The molecule has 3 nitrogen and oxygen atoms in total. The molecule has 1 heterocycles. The van der Waals surface area contributed by atoms with Gasteiger partial charge in [0.25, 0.3) is 5.91 Å². The van der Waals surface area contributed by atoms with Gasteiger partial charge in [-0.3, -0.25) is 4.79 Å². The summed E-state index contributed by atoms with van der Waals surface area (Å²) in [5.41, 5.74) is 1.92. The zero-order valence-electron chi connectivity index (χ0n) is 11.6. The van der Waals surface area contributed by atoms with Crippen molar-refractivity contribution in [2.24, 2.45) is 11.8 Å². The van der Waals surface area contributed by atoms with Crippen LogP contribution in [0.5, 0.6) is 0 Å². The van der Waals surface area contributed by atoms with Crippen molar-refractivity contribution in [2.75, 3.05) is 6.54 Å². The summed E-state index contributed by atoms with van der Waals surface area (Å²) in [5, 5.41) is 0. The van der Waals surface area contributed by atoms with Crippen LogP contribution in [-0.4, -0.2) is 23.6 Å². The van der Waals surface area contributed by atoms with Crippen LogP contribution in [0.3, 0.4) is 0 Å². The molecule has 0 saturated carbocycles. The van der Waals surface area contributed by atoms with Gasteiger partial charge in [0.1, 0.15) is 6.29 Å². The summed E-state index contributed by atoms with van der Waals surface area (Å²) in [6.07, 6.45) is 2.50. The standard InChI is InChI=1S/C16H21NO2/c1-12(2)9-13(7-8-18)10-17-11-14-5-3-4-6-15(14)16(17)19/h3-6,8,12-13H,7,9-11H2,1-2H3/t13-/m1/s1. The first-order chi connectivity index (χ1) is 9.11. The molecule has 0 unspecified atom stereocenters. The average molecular weight is 259 g/mol. The highest BCUT2D eigenvalue weighted by atomic mass is 16.2. The summed E-state index contributed by atoms with van der Waals surface area (Å²) in [7, 11) is 0. The summed E-state index contributed by atoms with van der Waals surface area (Å²) >= 11 is 0. The molecule has 19 heavy (non-hydrogen) atoms. The molecule has 1 aliphatic rings. The van der Waals surface area contributed by atoms with E-state index < -0.39 is 0 Å². The van der Waals surface area contributed by atoms with Gasteiger partial charge in [-0.2, -0.15) is 0 Å². The molecule has 0 spiro atoms. The predicted molar refractivity (Wildman–Crippen MR) is 74.8 cm³/mol. The van der Waals surface area contributed by atoms with E-state index in [0.29, 0.717) is 25.4 Å². The van der Waals surface area contributed by atoms with Crippen molar-refractivity contribution in [3.63, 3.8) is 0 Å². The van der Waals surface area contributed by atoms with Crippen molar-refractivity contribution in [3.8, 4) is 0 Å². The van der Waals surface area contributed by atoms with Gasteiger partial charge >= 0.3 is 0 Å². The van der Waals surface area contributed by atoms with Crippen LogP contribution in [0.15, 0.2) is 24.3 Å². The average Bonchev–Trinajstić information content (AvgIpc) is 2.67. The van der Waals surface area contributed by atoms with E-state index in [2.05, 4.69) is 13.8 Å². The first kappa shape index (κ1) is 13.8. The van der Waals surface area contributed by atoms with Crippen molar-refractivity contribution < 1.29 is 9.59 Å². The van der Waals surface area contributed by atoms with Gasteiger partial charge in [-0.25, -0.2) is 0 Å². The Balaban J connectivity index is 2.04. The molecule has 0 bridgehead atoms. The molecule has 1 aliphatic heterocycles. The summed E-state index contributed by atoms with van der Waals surface area (Å²) < 4.78 is 0. The Bertz CT molecular complexity index is 468. The van der Waals surface area contributed by atoms with E-state index in [1.165, 1.54) is 0 Å². The zero-order chi connectivity index (χ0) is 13.8. The van der Waals surface area contributed by atoms with E-state index >= 15 is 0 Å². The quantitative estimate of drug-likeness (QED) is 0.737. The van der Waals surface area contributed by atoms with Crippen molar-refractivity contribution in [1.82, 2.24) is 4.90 Å². The number of hydrogen-bond acceptors (Lipinski definition) is 2. The summed E-state index contributed by atoms with van der Waals surface area (Å²) in [6, 6.07) is 7.75. The highest BCUT2D eigenvalue weighted by Gasteiger charge is 2.28. The number of carbonyl (C=O) groups excluding carboxylic acids is 2. The lowest BCUT2D eigenvalue weighted by Gasteiger charge is -2.23. The van der Waals surface area contributed by atoms with Crippen molar-refractivity contribution >= 4 is 12.2 Å². The van der Waals surface area contributed by atoms with Crippen LogP contribution in [0.2, 0.25) is 0 Å². The molecule has 1 aromatic rings. The summed E-state index contributed by atoms with van der Waals surface area (Å²) in [4.78, 5) is 24.9. The first-order valence-corrected chi connectivity index (χ1v) is 6.92. The van der Waals surface area contributed by atoms with Crippen LogP contribution in [0.4, 0.5) is 0 Å². The van der Waals surface area contributed by atoms with Gasteiger partial charge in [-0.05, 0) is 29.9 Å². The normalized spacial score (nSPS) is 15.7. The van der Waals surface area contributed by atoms with Gasteiger partial charge in [0.05, 0.1) is 0 Å². The Morgan fingerprint density at radius 1 is 1.32 bits per heavy atom. The van der Waals surface area contributed by atoms with Gasteiger partial charge in [0.2, 0.25) is 0 Å². The minimum absolute atomic E-state index is 0.107. The van der Waals surface area contributed by atoms with Crippen LogP contribution in [-0.2, 0) is 11.3 Å². The molecule has 1 amide bonds. The van der Waals surface area contributed by atoms with Gasteiger partial charge in [-0.1, -0.05) is 32.0 Å². The van der Waals surface area contributed by atoms with Crippen molar-refractivity contribution in [1.29, 1.82) is 0 Å². The highest BCUT2D eigenvalue weighted by molar-refractivity contribution is 5.98. The topological polar surface area (TPSA) is 37.4 Å². The van der Waals surface area contributed by atoms with E-state index in [-0.39, 0.29) is 11.8 Å². The third kappa shape index (κ3) is 3.22. The van der Waals surface area contributed by atoms with Crippen molar-refractivity contribution in [3.05, 3.63) is 35.4 Å². The number of rotatable bonds is 6. The maximum Gasteiger partial charge on any atom is 0.254 e. The lowest BCUT2D eigenvalue weighted by atomic mass is 9.94. The molecule has 3 heteroatoms. The molecule has 0 fully saturated rings. The monoisotopic (exact) mass is 259 g/mol. The molecular weight excluding hydrogens is 238 g/mol. The number of hydrogen-bond donors (Lipinski definition) is 0. The number of aldehydes is 1. The highest BCUT2D eigenvalue weighted by Crippen LogP contribution is 2.25. The SMILES string of the molecule is CC(C)C[C@@H](CC=O)CN1Cc2ccccc2C1=O. The smallest absolute Gasteiger partial charge is 0.254 e. The molecule has 0 N–H and O–H groups in total. The molecule has 0 saturated heterocycles. The van der Waals surface area contributed by atoms with E-state index in [1.807, 2.05) is 29.2 Å². The predicted octanol–water partition coefficient (Wildman–Crippen LogP) is 2.89. The molecule has 1 aromatic carbocycles. The maximum absolute atomic E-state index is 12.3. The van der Waals surface area contributed by atoms with Crippen molar-refractivity contribution in [2.45, 2.75) is 33.2 Å². The largest absolute Gasteiger partial charge is 0.334 e. The number of fused-ring (bicyclic) bond motifs is 1. The van der Waals surface area contributed by atoms with Crippen LogP contribution in [0.1, 0.15) is 42.6 Å². The van der Waals surface area contributed by atoms with Crippen LogP contribution < -0.4 is 0 Å². The Labute approximate surface area is 114 Å². The van der Waals surface area contributed by atoms with E-state index in [4.69, 9.17) is 0 Å². The second-order valence-corrected chi connectivity index (χ2v) is 5.74. The fourth-order valence-electron chi connectivity index (χ4n) is 2.82. The number of nitrogens with zero attached hydrogens (tertiary/aromatic N) is 1. The molecular formula is C16H21NO2. The van der Waals surface area contributed by atoms with Crippen LogP contribution in [0, 0.1) is 11.8 Å². The van der Waals surface area contributed by atoms with Gasteiger partial charge in [0.15, 0.2) is 0 Å². The molecule has 2 rings (SSSR count). The first-order valence-electron chi connectivity index (χ1n) is 6.92. The van der Waals surface area contributed by atoms with E-state index in [9.17, 15) is 9.59 Å². The van der Waals surface area contributed by atoms with Gasteiger partial charge in [-0.15, -0.1) is 0 Å². The van der Waals surface area contributed by atoms with E-state index in [1.54, 1.807) is 0 Å². The number of amides is 1. The Hall–Kier alpha value is -1.64. The minimum Gasteiger partial charge on any atom is -0.334 e. The Morgan fingerprint density at radius 3 is 2.68 bits per heavy atom. The third-order valence-corrected chi connectivity index (χ3v) is 3.61. The summed E-state index contributed by atoms with van der Waals surface area (Å²) in [5.74, 6) is 0.927. The molecule has 1 atom stereocenters. The lowest BCUT2D eigenvalue weighted by Crippen LogP contribution is -2.30. The van der Waals surface area contributed by atoms with Crippen LogP contribution >= 0.6 is 0 Å². The molecule has 0 aromatic heterocycles.